The number of nitrogens with zero attached hydrogens (tertiary/aromatic N) is 7. The number of benzene rings is 1. The quantitative estimate of drug-likeness (QED) is 0.0599. The highest BCUT2D eigenvalue weighted by atomic mass is 35.5. The molecule has 6 atom stereocenters. The van der Waals surface area contributed by atoms with Crippen LogP contribution in [0.15, 0.2) is 29.4 Å². The summed E-state index contributed by atoms with van der Waals surface area (Å²) in [6.07, 6.45) is -4.75. The lowest BCUT2D eigenvalue weighted by Crippen LogP contribution is -2.44. The third kappa shape index (κ3) is 6.13. The molecule has 7 N–H and O–H groups in total. The first-order valence-electron chi connectivity index (χ1n) is 13.2. The smallest absolute Gasteiger partial charge is 0.359 e. The van der Waals surface area contributed by atoms with Gasteiger partial charge in [0.05, 0.1) is 25.7 Å². The molecule has 0 bridgehead atoms. The monoisotopic (exact) mass is 639 g/mol. The normalized spacial score (nSPS) is 24.9. The molecule has 3 heterocycles. The fourth-order valence-corrected chi connectivity index (χ4v) is 6.16. The number of aromatic amines is 1. The number of hydrogen-bond donors (Lipinski definition) is 7. The summed E-state index contributed by atoms with van der Waals surface area (Å²) in [7, 11) is -5.15. The largest absolute Gasteiger partial charge is 0.393 e. The summed E-state index contributed by atoms with van der Waals surface area (Å²) in [4.78, 5) is 28.6. The zero-order valence-electron chi connectivity index (χ0n) is 22.9. The van der Waals surface area contributed by atoms with Crippen LogP contribution in [0.5, 0.6) is 0 Å². The van der Waals surface area contributed by atoms with E-state index in [9.17, 15) is 29.7 Å². The number of fused-ring (bicyclic) bond motifs is 1. The summed E-state index contributed by atoms with van der Waals surface area (Å²) in [5.74, 6) is 0.430. The van der Waals surface area contributed by atoms with Crippen molar-refractivity contribution in [1.82, 2.24) is 30.6 Å². The van der Waals surface area contributed by atoms with Gasteiger partial charge in [-0.15, -0.1) is 10.2 Å². The lowest BCUT2D eigenvalue weighted by Gasteiger charge is -2.32. The van der Waals surface area contributed by atoms with E-state index in [0.717, 1.165) is 23.4 Å². The predicted molar refractivity (Wildman–Crippen MR) is 151 cm³/mol. The van der Waals surface area contributed by atoms with Crippen molar-refractivity contribution in [2.45, 2.75) is 62.1 Å². The van der Waals surface area contributed by atoms with E-state index in [4.69, 9.17) is 21.1 Å². The second-order valence-corrected chi connectivity index (χ2v) is 12.5. The van der Waals surface area contributed by atoms with Gasteiger partial charge in [0.1, 0.15) is 24.1 Å². The number of ether oxygens (including phenoxy) is 2. The van der Waals surface area contributed by atoms with E-state index in [-0.39, 0.29) is 23.0 Å². The number of hydrogen-bond acceptors (Lipinski definition) is 14. The molecular formula is C24H31ClN9O8P. The molecule has 1 aromatic carbocycles. The van der Waals surface area contributed by atoms with Crippen LogP contribution < -0.4 is 10.3 Å². The van der Waals surface area contributed by atoms with Crippen molar-refractivity contribution in [2.75, 3.05) is 23.5 Å². The molecule has 0 saturated carbocycles. The molecule has 2 aromatic heterocycles. The van der Waals surface area contributed by atoms with Gasteiger partial charge < -0.3 is 39.9 Å². The number of halogens is 1. The minimum atomic E-state index is -5.15. The Hall–Kier alpha value is -3.12. The summed E-state index contributed by atoms with van der Waals surface area (Å²) < 4.78 is 23.7. The Labute approximate surface area is 250 Å². The molecule has 5 rings (SSSR count). The maximum Gasteiger partial charge on any atom is 0.359 e. The Morgan fingerprint density at radius 3 is 2.74 bits per heavy atom. The lowest BCUT2D eigenvalue weighted by molar-refractivity contribution is -0.0993. The number of aliphatic hydroxyl groups is 3. The van der Waals surface area contributed by atoms with Crippen LogP contribution in [0.25, 0.3) is 0 Å². The van der Waals surface area contributed by atoms with Gasteiger partial charge in [-0.3, -0.25) is 4.57 Å². The molecule has 1 saturated heterocycles. The zero-order valence-corrected chi connectivity index (χ0v) is 24.5. The van der Waals surface area contributed by atoms with Crippen LogP contribution in [0, 0.1) is 6.92 Å². The van der Waals surface area contributed by atoms with Crippen LogP contribution in [0.1, 0.15) is 35.0 Å². The topological polar surface area (TPSA) is 245 Å². The van der Waals surface area contributed by atoms with Gasteiger partial charge in [0.25, 0.3) is 0 Å². The third-order valence-corrected chi connectivity index (χ3v) is 9.26. The van der Waals surface area contributed by atoms with Crippen LogP contribution in [0.2, 0.25) is 5.28 Å². The van der Waals surface area contributed by atoms with Gasteiger partial charge in [0.2, 0.25) is 5.28 Å². The average molecular weight is 640 g/mol. The molecule has 232 valence electrons. The number of H-pyrrole nitrogens is 1. The highest BCUT2D eigenvalue weighted by Crippen LogP contribution is 2.52. The van der Waals surface area contributed by atoms with Gasteiger partial charge in [0, 0.05) is 12.3 Å². The fraction of sp³-hybridized carbons (Fsp3) is 0.500. The minimum absolute atomic E-state index is 0.0243. The van der Waals surface area contributed by atoms with Crippen molar-refractivity contribution in [1.29, 1.82) is 0 Å². The fourth-order valence-electron chi connectivity index (χ4n) is 5.22. The van der Waals surface area contributed by atoms with E-state index in [1.807, 2.05) is 18.2 Å². The molecule has 1 unspecified atom stereocenters. The van der Waals surface area contributed by atoms with Crippen LogP contribution in [-0.2, 0) is 26.9 Å². The minimum Gasteiger partial charge on any atom is -0.393 e. The number of rotatable bonds is 12. The van der Waals surface area contributed by atoms with Crippen molar-refractivity contribution in [3.05, 3.63) is 52.1 Å². The number of anilines is 2. The molecule has 0 radical (unpaired) electrons. The lowest BCUT2D eigenvalue weighted by atomic mass is 10.1. The summed E-state index contributed by atoms with van der Waals surface area (Å²) >= 11 is 6.29. The molecule has 19 heteroatoms. The molecule has 3 aromatic rings. The van der Waals surface area contributed by atoms with Crippen LogP contribution in [0.3, 0.4) is 0 Å². The SMILES string of the molecule is C=NN(c1nc(Cl)nc(N[C@@H]2CCc3ccccc32)c1C)[C@@H]1O[C@H](COC(CO)(Cc2nn[nH]n2)P(=O)(O)O)[C@@H](O)[C@H]1O. The van der Waals surface area contributed by atoms with Gasteiger partial charge in [-0.05, 0) is 42.5 Å². The van der Waals surface area contributed by atoms with Gasteiger partial charge >= 0.3 is 7.60 Å². The van der Waals surface area contributed by atoms with Crippen molar-refractivity contribution in [3.63, 3.8) is 0 Å². The van der Waals surface area contributed by atoms with Crippen molar-refractivity contribution < 1.29 is 39.1 Å². The molecule has 1 aliphatic carbocycles. The summed E-state index contributed by atoms with van der Waals surface area (Å²) in [6.45, 7) is 3.51. The van der Waals surface area contributed by atoms with Gasteiger partial charge in [-0.2, -0.15) is 15.3 Å². The number of aliphatic hydroxyl groups excluding tert-OH is 3. The van der Waals surface area contributed by atoms with E-state index in [1.54, 1.807) is 6.92 Å². The number of aromatic nitrogens is 6. The number of tetrazole rings is 1. The van der Waals surface area contributed by atoms with E-state index in [2.05, 4.69) is 53.8 Å². The molecule has 0 amide bonds. The molecule has 1 aliphatic heterocycles. The summed E-state index contributed by atoms with van der Waals surface area (Å²) in [5, 5.41) is 50.4. The first-order chi connectivity index (χ1) is 20.5. The molecule has 0 spiro atoms. The molecule has 17 nitrogen and oxygen atoms in total. The van der Waals surface area contributed by atoms with Crippen LogP contribution in [0.4, 0.5) is 11.6 Å². The molecule has 2 aliphatic rings. The van der Waals surface area contributed by atoms with Crippen LogP contribution >= 0.6 is 19.2 Å². The standard InChI is InChI=1S/C24H31ClN9O8P/c1-12-20(27-15-8-7-13-5-3-4-6-14(13)15)28-23(25)29-21(12)34(26-2)22-19(37)18(36)16(42-22)10-41-24(11-35,43(38,39)40)9-17-30-32-33-31-17/h3-6,15-16,18-19,22,35-37H,2,7-11H2,1H3,(H,27,28,29)(H2,38,39,40)(H,30,31,32,33)/t15-,16-,18-,19-,22-,24?/m1/s1. The van der Waals surface area contributed by atoms with E-state index in [1.165, 1.54) is 5.56 Å². The summed E-state index contributed by atoms with van der Waals surface area (Å²) in [6, 6.07) is 8.05. The van der Waals surface area contributed by atoms with E-state index < -0.39 is 57.1 Å². The predicted octanol–water partition coefficient (Wildman–Crippen LogP) is 0.0452. The third-order valence-electron chi connectivity index (χ3n) is 7.60. The Bertz CT molecular complexity index is 1500. The summed E-state index contributed by atoms with van der Waals surface area (Å²) in [5.41, 5.74) is 2.89. The molecule has 1 fully saturated rings. The van der Waals surface area contributed by atoms with E-state index in [0.29, 0.717) is 11.4 Å². The van der Waals surface area contributed by atoms with Crippen molar-refractivity contribution >= 4 is 37.5 Å². The number of hydrazone groups is 1. The van der Waals surface area contributed by atoms with Crippen molar-refractivity contribution in [3.8, 4) is 0 Å². The maximum atomic E-state index is 12.4. The second kappa shape index (κ2) is 12.5. The first-order valence-corrected chi connectivity index (χ1v) is 15.2. The number of aryl methyl sites for hydroxylation is 1. The van der Waals surface area contributed by atoms with E-state index >= 15 is 0 Å². The average Bonchev–Trinajstić information content (AvgIpc) is 3.70. The second-order valence-electron chi connectivity index (χ2n) is 10.2. The molecular weight excluding hydrogens is 609 g/mol. The Kier molecular flexibility index (Phi) is 9.08. The number of nitrogens with one attached hydrogen (secondary N) is 2. The highest BCUT2D eigenvalue weighted by Gasteiger charge is 2.52. The van der Waals surface area contributed by atoms with Crippen molar-refractivity contribution in [2.24, 2.45) is 5.10 Å². The van der Waals surface area contributed by atoms with Crippen LogP contribution in [-0.4, -0.2) is 106 Å². The van der Waals surface area contributed by atoms with Gasteiger partial charge in [0.15, 0.2) is 23.2 Å². The van der Waals surface area contributed by atoms with Gasteiger partial charge in [-0.1, -0.05) is 29.5 Å². The maximum absolute atomic E-state index is 12.4. The Morgan fingerprint density at radius 2 is 2.07 bits per heavy atom. The first kappa shape index (κ1) is 31.3. The Morgan fingerprint density at radius 1 is 1.30 bits per heavy atom. The highest BCUT2D eigenvalue weighted by molar-refractivity contribution is 7.53. The Balaban J connectivity index is 1.36. The molecule has 43 heavy (non-hydrogen) atoms. The van der Waals surface area contributed by atoms with Gasteiger partial charge in [-0.25, -0.2) is 9.99 Å². The zero-order chi connectivity index (χ0) is 30.9.